The lowest BCUT2D eigenvalue weighted by atomic mass is 9.70. The van der Waals surface area contributed by atoms with E-state index >= 15 is 0 Å². The van der Waals surface area contributed by atoms with Crippen LogP contribution in [0, 0.1) is 33.5 Å². The summed E-state index contributed by atoms with van der Waals surface area (Å²) in [6, 6.07) is 0. The van der Waals surface area contributed by atoms with Crippen LogP contribution in [0.3, 0.4) is 0 Å². The maximum absolute atomic E-state index is 12.3. The molecule has 4 fully saturated rings. The zero-order valence-electron chi connectivity index (χ0n) is 19.8. The molecule has 0 unspecified atom stereocenters. The highest BCUT2D eigenvalue weighted by Gasteiger charge is 2.65. The Morgan fingerprint density at radius 3 is 1.41 bits per heavy atom. The highest BCUT2D eigenvalue weighted by Crippen LogP contribution is 2.66. The van der Waals surface area contributed by atoms with Crippen LogP contribution in [0.4, 0.5) is 0 Å². The largest absolute Gasteiger partial charge is 0.268 e. The van der Waals surface area contributed by atoms with Gasteiger partial charge in [0.05, 0.1) is 21.1 Å². The predicted molar refractivity (Wildman–Crippen MR) is 135 cm³/mol. The summed E-state index contributed by atoms with van der Waals surface area (Å²) in [6.07, 6.45) is 6.90. The van der Waals surface area contributed by atoms with Crippen LogP contribution in [0.1, 0.15) is 67.2 Å². The summed E-state index contributed by atoms with van der Waals surface area (Å²) in [4.78, 5) is 24.9. The van der Waals surface area contributed by atoms with E-state index in [1.807, 2.05) is 0 Å². The maximum Gasteiger partial charge on any atom is 0.264 e. The van der Waals surface area contributed by atoms with Gasteiger partial charge in [0.25, 0.3) is 11.8 Å². The van der Waals surface area contributed by atoms with Crippen LogP contribution in [-0.2, 0) is 9.59 Å². The molecule has 8 heteroatoms. The van der Waals surface area contributed by atoms with E-state index in [9.17, 15) is 9.59 Å². The first kappa shape index (κ1) is 24.1. The van der Waals surface area contributed by atoms with Crippen LogP contribution in [0.25, 0.3) is 0 Å². The molecule has 6 nitrogen and oxygen atoms in total. The second-order valence-corrected chi connectivity index (χ2v) is 13.5. The normalized spacial score (nSPS) is 43.5. The van der Waals surface area contributed by atoms with Crippen molar-refractivity contribution in [1.29, 1.82) is 0 Å². The van der Waals surface area contributed by atoms with Gasteiger partial charge >= 0.3 is 0 Å². The summed E-state index contributed by atoms with van der Waals surface area (Å²) in [5, 5.41) is 8.91. The number of alkyl halides is 2. The van der Waals surface area contributed by atoms with Crippen LogP contribution in [-0.4, -0.2) is 32.9 Å². The molecule has 0 radical (unpaired) electrons. The number of nitrogens with one attached hydrogen (secondary N) is 2. The van der Waals surface area contributed by atoms with Crippen molar-refractivity contribution >= 4 is 55.1 Å². The molecule has 0 saturated heterocycles. The Kier molecular flexibility index (Phi) is 5.84. The van der Waals surface area contributed by atoms with Crippen LogP contribution in [0.2, 0.25) is 0 Å². The summed E-state index contributed by atoms with van der Waals surface area (Å²) < 4.78 is 0. The second-order valence-electron chi connectivity index (χ2n) is 11.5. The van der Waals surface area contributed by atoms with Gasteiger partial charge in [-0.3, -0.25) is 9.59 Å². The Hall–Kier alpha value is -1.02. The predicted octanol–water partition coefficient (Wildman–Crippen LogP) is 4.93. The Balaban J connectivity index is 1.37. The molecule has 176 valence electrons. The standard InChI is InChI=1S/C24H34Br2N4O2/c1-21(2)13-9-11-23(21,5)19(17(13)25)29-27-15(31)7-8-16(32)28-30-20-18(26)14-10-12-24(20,6)22(14,3)4/h7-8,13-14,17-18H,9-12H2,1-6H3,(H,27,31)(H,28,32)/b8-7+,29-19-,30-20+/t13-,14-,17+,18+,23+,24-/m0/s1. The molecule has 6 atom stereocenters. The molecule has 4 saturated carbocycles. The van der Waals surface area contributed by atoms with Crippen molar-refractivity contribution in [3.63, 3.8) is 0 Å². The number of carbonyl (C=O) groups is 2. The van der Waals surface area contributed by atoms with E-state index < -0.39 is 11.8 Å². The van der Waals surface area contributed by atoms with Crippen LogP contribution in [0.5, 0.6) is 0 Å². The SMILES string of the molecule is CC1(C)[C@H]2CC[C@@]1(C)/C(=N/NC(=O)/C=C/C(=O)N/N=C1/[C@H](Br)[C@@H]3CC[C@@]1(C)C3(C)C)[C@@H]2Br. The first-order valence-corrected chi connectivity index (χ1v) is 13.3. The third-order valence-electron chi connectivity index (χ3n) is 9.93. The van der Waals surface area contributed by atoms with Gasteiger partial charge in [0, 0.05) is 23.0 Å². The van der Waals surface area contributed by atoms with Crippen molar-refractivity contribution in [3.8, 4) is 0 Å². The molecule has 2 N–H and O–H groups in total. The fourth-order valence-electron chi connectivity index (χ4n) is 6.83. The molecule has 32 heavy (non-hydrogen) atoms. The third-order valence-corrected chi connectivity index (χ3v) is 12.1. The molecular formula is C24H34Br2N4O2. The molecule has 0 aromatic heterocycles. The van der Waals surface area contributed by atoms with Crippen LogP contribution < -0.4 is 10.9 Å². The van der Waals surface area contributed by atoms with Gasteiger partial charge in [-0.2, -0.15) is 10.2 Å². The summed E-state index contributed by atoms with van der Waals surface area (Å²) in [5.41, 5.74) is 7.41. The fraction of sp³-hybridized carbons (Fsp3) is 0.750. The van der Waals surface area contributed by atoms with Crippen LogP contribution >= 0.6 is 31.9 Å². The molecule has 0 spiro atoms. The van der Waals surface area contributed by atoms with Crippen molar-refractivity contribution in [3.05, 3.63) is 12.2 Å². The van der Waals surface area contributed by atoms with Crippen molar-refractivity contribution in [1.82, 2.24) is 10.9 Å². The number of nitrogens with zero attached hydrogens (tertiary/aromatic N) is 2. The van der Waals surface area contributed by atoms with E-state index in [-0.39, 0.29) is 31.3 Å². The van der Waals surface area contributed by atoms with Crippen molar-refractivity contribution in [2.45, 2.75) is 76.9 Å². The lowest BCUT2D eigenvalue weighted by Gasteiger charge is -2.34. The number of amides is 2. The molecule has 0 aromatic carbocycles. The molecule has 2 amide bonds. The number of carbonyl (C=O) groups excluding carboxylic acids is 2. The molecule has 0 aromatic rings. The topological polar surface area (TPSA) is 82.9 Å². The van der Waals surface area contributed by atoms with Gasteiger partial charge in [0.15, 0.2) is 0 Å². The van der Waals surface area contributed by atoms with E-state index in [2.05, 4.69) is 94.5 Å². The summed E-state index contributed by atoms with van der Waals surface area (Å²) in [7, 11) is 0. The molecule has 4 aliphatic rings. The lowest BCUT2D eigenvalue weighted by Crippen LogP contribution is -2.36. The Morgan fingerprint density at radius 1 is 0.781 bits per heavy atom. The summed E-state index contributed by atoms with van der Waals surface area (Å²) in [6.45, 7) is 13.6. The molecule has 0 aliphatic heterocycles. The van der Waals surface area contributed by atoms with Gasteiger partial charge < -0.3 is 0 Å². The monoisotopic (exact) mass is 568 g/mol. The van der Waals surface area contributed by atoms with Gasteiger partial charge in [-0.05, 0) is 48.3 Å². The van der Waals surface area contributed by atoms with E-state index in [4.69, 9.17) is 0 Å². The third kappa shape index (κ3) is 3.22. The molecule has 0 heterocycles. The van der Waals surface area contributed by atoms with E-state index in [1.165, 1.54) is 25.0 Å². The molecule has 4 bridgehead atoms. The average molecular weight is 570 g/mol. The number of hydrogen-bond donors (Lipinski definition) is 2. The second kappa shape index (κ2) is 7.76. The first-order valence-electron chi connectivity index (χ1n) is 11.5. The van der Waals surface area contributed by atoms with Crippen molar-refractivity contribution < 1.29 is 9.59 Å². The van der Waals surface area contributed by atoms with Crippen LogP contribution in [0.15, 0.2) is 22.4 Å². The lowest BCUT2D eigenvalue weighted by molar-refractivity contribution is -0.118. The van der Waals surface area contributed by atoms with E-state index in [1.54, 1.807) is 0 Å². The highest BCUT2D eigenvalue weighted by atomic mass is 79.9. The first-order chi connectivity index (χ1) is 14.8. The minimum absolute atomic E-state index is 0.0346. The summed E-state index contributed by atoms with van der Waals surface area (Å²) in [5.74, 6) is 0.185. The smallest absolute Gasteiger partial charge is 0.264 e. The maximum atomic E-state index is 12.3. The molecule has 4 rings (SSSR count). The van der Waals surface area contributed by atoms with Gasteiger partial charge in [-0.15, -0.1) is 0 Å². The quantitative estimate of drug-likeness (QED) is 0.286. The zero-order chi connectivity index (χ0) is 23.7. The highest BCUT2D eigenvalue weighted by molar-refractivity contribution is 9.10. The average Bonchev–Trinajstić information content (AvgIpc) is 3.19. The van der Waals surface area contributed by atoms with Gasteiger partial charge in [-0.1, -0.05) is 73.4 Å². The Bertz CT molecular complexity index is 866. The summed E-state index contributed by atoms with van der Waals surface area (Å²) >= 11 is 7.57. The minimum atomic E-state index is -0.421. The van der Waals surface area contributed by atoms with Gasteiger partial charge in [0.2, 0.25) is 0 Å². The number of halogens is 2. The fourth-order valence-corrected chi connectivity index (χ4v) is 9.90. The Labute approximate surface area is 207 Å². The number of rotatable bonds is 4. The molecule has 4 aliphatic carbocycles. The van der Waals surface area contributed by atoms with Gasteiger partial charge in [-0.25, -0.2) is 10.9 Å². The number of hydrazone groups is 2. The zero-order valence-corrected chi connectivity index (χ0v) is 22.9. The Morgan fingerprint density at radius 2 is 1.12 bits per heavy atom. The van der Waals surface area contributed by atoms with Crippen molar-refractivity contribution in [2.75, 3.05) is 0 Å². The van der Waals surface area contributed by atoms with Crippen molar-refractivity contribution in [2.24, 2.45) is 43.7 Å². The van der Waals surface area contributed by atoms with E-state index in [0.717, 1.165) is 24.3 Å². The molecular weight excluding hydrogens is 536 g/mol. The number of fused-ring (bicyclic) bond motifs is 4. The number of hydrogen-bond acceptors (Lipinski definition) is 4. The minimum Gasteiger partial charge on any atom is -0.268 e. The van der Waals surface area contributed by atoms with E-state index in [0.29, 0.717) is 11.8 Å². The van der Waals surface area contributed by atoms with Gasteiger partial charge in [0.1, 0.15) is 0 Å².